The first-order valence-electron chi connectivity index (χ1n) is 8.63. The number of benzene rings is 2. The number of sulfonamides is 1. The molecule has 1 amide bonds. The third-order valence-corrected chi connectivity index (χ3v) is 5.74. The molecule has 0 atom stereocenters. The molecule has 7 nitrogen and oxygen atoms in total. The van der Waals surface area contributed by atoms with Crippen molar-refractivity contribution in [3.05, 3.63) is 52.5 Å². The molecule has 0 aromatic heterocycles. The van der Waals surface area contributed by atoms with Crippen LogP contribution in [-0.4, -0.2) is 41.1 Å². The quantitative estimate of drug-likeness (QED) is 0.601. The van der Waals surface area contributed by atoms with Crippen molar-refractivity contribution < 1.29 is 22.7 Å². The van der Waals surface area contributed by atoms with E-state index in [0.29, 0.717) is 23.1 Å². The molecule has 0 aliphatic heterocycles. The number of ether oxygens (including phenoxy) is 2. The summed E-state index contributed by atoms with van der Waals surface area (Å²) in [6.07, 6.45) is 0. The molecule has 28 heavy (non-hydrogen) atoms. The SMILES string of the molecule is CCNC(=O)c1cc(S(=O)(=O)NCCOc2ccc(C)c(Cl)c2)ccc1OC. The Labute approximate surface area is 170 Å². The Bertz CT molecular complexity index is 947. The number of halogens is 1. The van der Waals surface area contributed by atoms with Crippen LogP contribution in [0.5, 0.6) is 11.5 Å². The zero-order valence-corrected chi connectivity index (χ0v) is 17.5. The van der Waals surface area contributed by atoms with E-state index in [1.54, 1.807) is 19.1 Å². The molecule has 0 unspecified atom stereocenters. The number of rotatable bonds is 9. The van der Waals surface area contributed by atoms with Gasteiger partial charge in [0.05, 0.1) is 17.6 Å². The topological polar surface area (TPSA) is 93.7 Å². The maximum atomic E-state index is 12.5. The van der Waals surface area contributed by atoms with E-state index in [0.717, 1.165) is 5.56 Å². The number of nitrogens with one attached hydrogen (secondary N) is 2. The summed E-state index contributed by atoms with van der Waals surface area (Å²) >= 11 is 6.03. The predicted molar refractivity (Wildman–Crippen MR) is 108 cm³/mol. The van der Waals surface area contributed by atoms with Crippen molar-refractivity contribution in [2.45, 2.75) is 18.7 Å². The third kappa shape index (κ3) is 5.60. The first-order valence-corrected chi connectivity index (χ1v) is 10.5. The van der Waals surface area contributed by atoms with Crippen LogP contribution in [0.25, 0.3) is 0 Å². The zero-order chi connectivity index (χ0) is 20.7. The van der Waals surface area contributed by atoms with Crippen molar-refractivity contribution in [3.8, 4) is 11.5 Å². The normalized spacial score (nSPS) is 11.1. The minimum absolute atomic E-state index is 0.0343. The Morgan fingerprint density at radius 3 is 2.57 bits per heavy atom. The predicted octanol–water partition coefficient (Wildman–Crippen LogP) is 2.76. The molecule has 2 aromatic carbocycles. The van der Waals surface area contributed by atoms with Crippen molar-refractivity contribution in [2.75, 3.05) is 26.8 Å². The number of amides is 1. The van der Waals surface area contributed by atoms with Crippen LogP contribution in [0.3, 0.4) is 0 Å². The molecule has 2 N–H and O–H groups in total. The van der Waals surface area contributed by atoms with Gasteiger partial charge in [0, 0.05) is 18.1 Å². The van der Waals surface area contributed by atoms with Crippen LogP contribution in [-0.2, 0) is 10.0 Å². The van der Waals surface area contributed by atoms with Gasteiger partial charge in [-0.2, -0.15) is 0 Å². The molecule has 9 heteroatoms. The molecule has 0 spiro atoms. The van der Waals surface area contributed by atoms with Gasteiger partial charge in [0.2, 0.25) is 10.0 Å². The Hall–Kier alpha value is -2.29. The van der Waals surface area contributed by atoms with Gasteiger partial charge in [-0.15, -0.1) is 0 Å². The van der Waals surface area contributed by atoms with Crippen LogP contribution in [0.4, 0.5) is 0 Å². The Morgan fingerprint density at radius 1 is 1.18 bits per heavy atom. The van der Waals surface area contributed by atoms with E-state index in [4.69, 9.17) is 21.1 Å². The molecule has 2 aromatic rings. The van der Waals surface area contributed by atoms with Gasteiger partial charge in [-0.05, 0) is 49.7 Å². The summed E-state index contributed by atoms with van der Waals surface area (Å²) in [5.74, 6) is 0.443. The summed E-state index contributed by atoms with van der Waals surface area (Å²) in [5.41, 5.74) is 1.08. The molecular formula is C19H23ClN2O5S. The summed E-state index contributed by atoms with van der Waals surface area (Å²) in [4.78, 5) is 12.1. The van der Waals surface area contributed by atoms with Crippen LogP contribution in [0.2, 0.25) is 5.02 Å². The maximum absolute atomic E-state index is 12.5. The maximum Gasteiger partial charge on any atom is 0.255 e. The number of aryl methyl sites for hydroxylation is 1. The van der Waals surface area contributed by atoms with E-state index in [9.17, 15) is 13.2 Å². The van der Waals surface area contributed by atoms with Crippen molar-refractivity contribution >= 4 is 27.5 Å². The van der Waals surface area contributed by atoms with Crippen molar-refractivity contribution in [3.63, 3.8) is 0 Å². The largest absolute Gasteiger partial charge is 0.496 e. The van der Waals surface area contributed by atoms with Crippen LogP contribution in [0.15, 0.2) is 41.3 Å². The van der Waals surface area contributed by atoms with E-state index in [1.807, 2.05) is 13.0 Å². The lowest BCUT2D eigenvalue weighted by Gasteiger charge is -2.12. The Kier molecular flexibility index (Phi) is 7.68. The number of hydrogen-bond acceptors (Lipinski definition) is 5. The summed E-state index contributed by atoms with van der Waals surface area (Å²) in [7, 11) is -2.40. The fourth-order valence-corrected chi connectivity index (χ4v) is 3.59. The van der Waals surface area contributed by atoms with Crippen molar-refractivity contribution in [2.24, 2.45) is 0 Å². The fourth-order valence-electron chi connectivity index (χ4n) is 2.38. The third-order valence-electron chi connectivity index (χ3n) is 3.87. The molecule has 152 valence electrons. The van der Waals surface area contributed by atoms with Gasteiger partial charge >= 0.3 is 0 Å². The zero-order valence-electron chi connectivity index (χ0n) is 15.9. The molecule has 0 saturated carbocycles. The van der Waals surface area contributed by atoms with Gasteiger partial charge in [-0.1, -0.05) is 17.7 Å². The second-order valence-electron chi connectivity index (χ2n) is 5.88. The molecule has 0 saturated heterocycles. The van der Waals surface area contributed by atoms with Crippen LogP contribution < -0.4 is 19.5 Å². The highest BCUT2D eigenvalue weighted by atomic mass is 35.5. The standard InChI is InChI=1S/C19H23ClN2O5S/c1-4-21-19(23)16-12-15(7-8-18(16)26-3)28(24,25)22-9-10-27-14-6-5-13(2)17(20)11-14/h5-8,11-12,22H,4,9-10H2,1-3H3,(H,21,23). The minimum Gasteiger partial charge on any atom is -0.496 e. The summed E-state index contributed by atoms with van der Waals surface area (Å²) in [5, 5.41) is 3.21. The number of carbonyl (C=O) groups excluding carboxylic acids is 1. The first-order chi connectivity index (χ1) is 13.3. The highest BCUT2D eigenvalue weighted by molar-refractivity contribution is 7.89. The first kappa shape index (κ1) is 22.0. The van der Waals surface area contributed by atoms with Crippen LogP contribution in [0.1, 0.15) is 22.8 Å². The van der Waals surface area contributed by atoms with Gasteiger partial charge in [0.15, 0.2) is 0 Å². The van der Waals surface area contributed by atoms with Gasteiger partial charge in [0.1, 0.15) is 18.1 Å². The monoisotopic (exact) mass is 426 g/mol. The fraction of sp³-hybridized carbons (Fsp3) is 0.316. The molecule has 2 rings (SSSR count). The van der Waals surface area contributed by atoms with E-state index in [2.05, 4.69) is 10.0 Å². The summed E-state index contributed by atoms with van der Waals surface area (Å²) in [6.45, 7) is 4.24. The number of carbonyl (C=O) groups is 1. The second-order valence-corrected chi connectivity index (χ2v) is 8.05. The summed E-state index contributed by atoms with van der Waals surface area (Å²) in [6, 6.07) is 9.37. The minimum atomic E-state index is -3.82. The Balaban J connectivity index is 2.04. The van der Waals surface area contributed by atoms with E-state index < -0.39 is 15.9 Å². The van der Waals surface area contributed by atoms with E-state index >= 15 is 0 Å². The number of methoxy groups -OCH3 is 1. The highest BCUT2D eigenvalue weighted by Crippen LogP contribution is 2.23. The highest BCUT2D eigenvalue weighted by Gasteiger charge is 2.19. The van der Waals surface area contributed by atoms with Crippen LogP contribution >= 0.6 is 11.6 Å². The molecule has 0 bridgehead atoms. The molecule has 0 heterocycles. The number of hydrogen-bond donors (Lipinski definition) is 2. The van der Waals surface area contributed by atoms with Crippen molar-refractivity contribution in [1.82, 2.24) is 10.0 Å². The average Bonchev–Trinajstić information content (AvgIpc) is 2.67. The van der Waals surface area contributed by atoms with E-state index in [1.165, 1.54) is 25.3 Å². The smallest absolute Gasteiger partial charge is 0.255 e. The van der Waals surface area contributed by atoms with Crippen LogP contribution in [0, 0.1) is 6.92 Å². The second kappa shape index (κ2) is 9.77. The Morgan fingerprint density at radius 2 is 1.93 bits per heavy atom. The molecule has 0 radical (unpaired) electrons. The lowest BCUT2D eigenvalue weighted by Crippen LogP contribution is -2.29. The summed E-state index contributed by atoms with van der Waals surface area (Å²) < 4.78 is 38.1. The van der Waals surface area contributed by atoms with Gasteiger partial charge < -0.3 is 14.8 Å². The van der Waals surface area contributed by atoms with Gasteiger partial charge in [0.25, 0.3) is 5.91 Å². The molecule has 0 aliphatic rings. The average molecular weight is 427 g/mol. The van der Waals surface area contributed by atoms with E-state index in [-0.39, 0.29) is 23.6 Å². The van der Waals surface area contributed by atoms with Crippen molar-refractivity contribution in [1.29, 1.82) is 0 Å². The molecule has 0 fully saturated rings. The molecular weight excluding hydrogens is 404 g/mol. The lowest BCUT2D eigenvalue weighted by molar-refractivity contribution is 0.0952. The molecule has 0 aliphatic carbocycles. The van der Waals surface area contributed by atoms with Gasteiger partial charge in [-0.25, -0.2) is 13.1 Å². The lowest BCUT2D eigenvalue weighted by atomic mass is 10.2. The van der Waals surface area contributed by atoms with Gasteiger partial charge in [-0.3, -0.25) is 4.79 Å².